The average molecular weight is 204 g/mol. The lowest BCUT2D eigenvalue weighted by molar-refractivity contribution is -0.154. The van der Waals surface area contributed by atoms with Crippen LogP contribution in [-0.2, 0) is 14.3 Å². The number of cyclic esters (lactones) is 1. The van der Waals surface area contributed by atoms with Crippen molar-refractivity contribution in [3.05, 3.63) is 0 Å². The average Bonchev–Trinajstić information content (AvgIpc) is 1.97. The Morgan fingerprint density at radius 1 is 1.85 bits per heavy atom. The molecule has 4 nitrogen and oxygen atoms in total. The van der Waals surface area contributed by atoms with Gasteiger partial charge in [-0.15, -0.1) is 11.8 Å². The number of carbonyl (C=O) groups excluding carboxylic acids is 1. The van der Waals surface area contributed by atoms with E-state index < -0.39 is 16.7 Å². The third kappa shape index (κ3) is 2.37. The molecule has 74 valence electrons. The van der Waals surface area contributed by atoms with Gasteiger partial charge < -0.3 is 9.84 Å². The van der Waals surface area contributed by atoms with Crippen LogP contribution in [0.5, 0.6) is 0 Å². The van der Waals surface area contributed by atoms with Crippen molar-refractivity contribution in [2.45, 2.75) is 31.1 Å². The molecule has 1 N–H and O–H groups in total. The molecule has 0 saturated carbocycles. The van der Waals surface area contributed by atoms with Gasteiger partial charge in [-0.25, -0.2) is 0 Å². The van der Waals surface area contributed by atoms with E-state index in [1.807, 2.05) is 0 Å². The Morgan fingerprint density at radius 2 is 2.46 bits per heavy atom. The highest BCUT2D eigenvalue weighted by molar-refractivity contribution is 8.01. The maximum Gasteiger partial charge on any atom is 0.322 e. The van der Waals surface area contributed by atoms with E-state index in [0.29, 0.717) is 5.75 Å². The van der Waals surface area contributed by atoms with Crippen LogP contribution in [0.4, 0.5) is 0 Å². The zero-order valence-corrected chi connectivity index (χ0v) is 8.39. The molecule has 0 radical (unpaired) electrons. The van der Waals surface area contributed by atoms with Crippen LogP contribution in [0.25, 0.3) is 0 Å². The molecule has 0 aromatic heterocycles. The Bertz CT molecular complexity index is 240. The lowest BCUT2D eigenvalue weighted by Crippen LogP contribution is -2.43. The Labute approximate surface area is 80.6 Å². The standard InChI is InChI=1S/C8H12O4S/c1-5-4-13-8(2,3-6(9)10)7(11)12-5/h5H,3-4H2,1-2H3,(H,9,10). The van der Waals surface area contributed by atoms with E-state index in [2.05, 4.69) is 0 Å². The second-order valence-electron chi connectivity index (χ2n) is 3.33. The molecule has 0 amide bonds. The van der Waals surface area contributed by atoms with Crippen molar-refractivity contribution in [3.63, 3.8) is 0 Å². The van der Waals surface area contributed by atoms with Gasteiger partial charge >= 0.3 is 11.9 Å². The molecule has 13 heavy (non-hydrogen) atoms. The Balaban J connectivity index is 2.67. The predicted molar refractivity (Wildman–Crippen MR) is 48.7 cm³/mol. The van der Waals surface area contributed by atoms with Gasteiger partial charge in [0.15, 0.2) is 0 Å². The number of hydrogen-bond donors (Lipinski definition) is 1. The molecule has 1 saturated heterocycles. The fraction of sp³-hybridized carbons (Fsp3) is 0.750. The number of rotatable bonds is 2. The first-order chi connectivity index (χ1) is 5.94. The molecular formula is C8H12O4S. The van der Waals surface area contributed by atoms with Crippen LogP contribution >= 0.6 is 11.8 Å². The van der Waals surface area contributed by atoms with Crippen LogP contribution in [-0.4, -0.2) is 33.6 Å². The first-order valence-electron chi connectivity index (χ1n) is 4.01. The molecule has 2 atom stereocenters. The summed E-state index contributed by atoms with van der Waals surface area (Å²) in [5.41, 5.74) is 0. The van der Waals surface area contributed by atoms with Gasteiger partial charge in [0, 0.05) is 5.75 Å². The van der Waals surface area contributed by atoms with E-state index in [4.69, 9.17) is 9.84 Å². The van der Waals surface area contributed by atoms with E-state index in [-0.39, 0.29) is 12.5 Å². The minimum absolute atomic E-state index is 0.112. The van der Waals surface area contributed by atoms with Crippen molar-refractivity contribution in [3.8, 4) is 0 Å². The quantitative estimate of drug-likeness (QED) is 0.677. The lowest BCUT2D eigenvalue weighted by Gasteiger charge is -2.32. The molecule has 0 spiro atoms. The monoisotopic (exact) mass is 204 g/mol. The van der Waals surface area contributed by atoms with Crippen molar-refractivity contribution < 1.29 is 19.4 Å². The van der Waals surface area contributed by atoms with Crippen LogP contribution in [0.3, 0.4) is 0 Å². The number of esters is 1. The predicted octanol–water partition coefficient (Wildman–Crippen LogP) is 0.898. The van der Waals surface area contributed by atoms with Gasteiger partial charge in [-0.3, -0.25) is 9.59 Å². The SMILES string of the molecule is CC1CSC(C)(CC(=O)O)C(=O)O1. The fourth-order valence-corrected chi connectivity index (χ4v) is 2.18. The number of carboxylic acids is 1. The van der Waals surface area contributed by atoms with E-state index in [9.17, 15) is 9.59 Å². The molecule has 1 rings (SSSR count). The summed E-state index contributed by atoms with van der Waals surface area (Å²) in [5, 5.41) is 8.59. The summed E-state index contributed by atoms with van der Waals surface area (Å²) in [6, 6.07) is 0. The van der Waals surface area contributed by atoms with Gasteiger partial charge in [-0.05, 0) is 13.8 Å². The molecule has 1 aliphatic rings. The zero-order chi connectivity index (χ0) is 10.1. The summed E-state index contributed by atoms with van der Waals surface area (Å²) < 4.78 is 4.08. The van der Waals surface area contributed by atoms with Crippen molar-refractivity contribution in [1.82, 2.24) is 0 Å². The van der Waals surface area contributed by atoms with Crippen LogP contribution < -0.4 is 0 Å². The summed E-state index contributed by atoms with van der Waals surface area (Å²) >= 11 is 1.35. The van der Waals surface area contributed by atoms with Gasteiger partial charge in [0.25, 0.3) is 0 Å². The van der Waals surface area contributed by atoms with E-state index >= 15 is 0 Å². The first kappa shape index (κ1) is 10.4. The van der Waals surface area contributed by atoms with E-state index in [0.717, 1.165) is 0 Å². The number of thioether (sulfide) groups is 1. The summed E-state index contributed by atoms with van der Waals surface area (Å²) in [4.78, 5) is 21.8. The topological polar surface area (TPSA) is 63.6 Å². The van der Waals surface area contributed by atoms with Crippen LogP contribution in [0.15, 0.2) is 0 Å². The van der Waals surface area contributed by atoms with Gasteiger partial charge in [0.2, 0.25) is 0 Å². The molecule has 0 aromatic carbocycles. The minimum Gasteiger partial charge on any atom is -0.481 e. The maximum absolute atomic E-state index is 11.4. The van der Waals surface area contributed by atoms with Crippen molar-refractivity contribution in [1.29, 1.82) is 0 Å². The van der Waals surface area contributed by atoms with Gasteiger partial charge in [0.05, 0.1) is 6.42 Å². The number of carboxylic acid groups (broad SMARTS) is 1. The summed E-state index contributed by atoms with van der Waals surface area (Å²) in [6.07, 6.45) is -0.289. The van der Waals surface area contributed by atoms with Gasteiger partial charge in [-0.2, -0.15) is 0 Å². The summed E-state index contributed by atoms with van der Waals surface area (Å²) in [5.74, 6) is -0.727. The molecule has 0 bridgehead atoms. The second kappa shape index (κ2) is 3.57. The smallest absolute Gasteiger partial charge is 0.322 e. The largest absolute Gasteiger partial charge is 0.481 e. The Kier molecular flexibility index (Phi) is 2.85. The van der Waals surface area contributed by atoms with Crippen molar-refractivity contribution >= 4 is 23.7 Å². The molecule has 5 heteroatoms. The lowest BCUT2D eigenvalue weighted by atomic mass is 10.1. The van der Waals surface area contributed by atoms with Crippen LogP contribution in [0, 0.1) is 0 Å². The highest BCUT2D eigenvalue weighted by atomic mass is 32.2. The molecular weight excluding hydrogens is 192 g/mol. The Morgan fingerprint density at radius 3 is 2.92 bits per heavy atom. The number of carbonyl (C=O) groups is 2. The summed E-state index contributed by atoms with van der Waals surface area (Å²) in [7, 11) is 0. The number of ether oxygens (including phenoxy) is 1. The van der Waals surface area contributed by atoms with E-state index in [1.54, 1.807) is 13.8 Å². The molecule has 1 aliphatic heterocycles. The van der Waals surface area contributed by atoms with E-state index in [1.165, 1.54) is 11.8 Å². The van der Waals surface area contributed by atoms with Crippen molar-refractivity contribution in [2.24, 2.45) is 0 Å². The third-order valence-corrected chi connectivity index (χ3v) is 3.45. The minimum atomic E-state index is -0.971. The normalized spacial score (nSPS) is 34.0. The van der Waals surface area contributed by atoms with Gasteiger partial charge in [0.1, 0.15) is 10.9 Å². The second-order valence-corrected chi connectivity index (χ2v) is 4.85. The zero-order valence-electron chi connectivity index (χ0n) is 7.57. The van der Waals surface area contributed by atoms with Crippen LogP contribution in [0.2, 0.25) is 0 Å². The number of hydrogen-bond acceptors (Lipinski definition) is 4. The Hall–Kier alpha value is -0.710. The summed E-state index contributed by atoms with van der Waals surface area (Å²) in [6.45, 7) is 3.41. The molecule has 1 fully saturated rings. The van der Waals surface area contributed by atoms with Crippen LogP contribution in [0.1, 0.15) is 20.3 Å². The molecule has 0 aromatic rings. The first-order valence-corrected chi connectivity index (χ1v) is 4.99. The molecule has 2 unspecified atom stereocenters. The van der Waals surface area contributed by atoms with Gasteiger partial charge in [-0.1, -0.05) is 0 Å². The number of aliphatic carboxylic acids is 1. The van der Waals surface area contributed by atoms with Crippen molar-refractivity contribution in [2.75, 3.05) is 5.75 Å². The fourth-order valence-electron chi connectivity index (χ4n) is 1.11. The highest BCUT2D eigenvalue weighted by Crippen LogP contribution is 2.35. The molecule has 0 aliphatic carbocycles. The third-order valence-electron chi connectivity index (χ3n) is 1.87. The maximum atomic E-state index is 11.4. The highest BCUT2D eigenvalue weighted by Gasteiger charge is 2.42. The molecule has 1 heterocycles.